The van der Waals surface area contributed by atoms with Gasteiger partial charge >= 0.3 is 0 Å². The van der Waals surface area contributed by atoms with Crippen LogP contribution in [0.4, 0.5) is 0 Å². The predicted octanol–water partition coefficient (Wildman–Crippen LogP) is 2.34. The molecule has 0 aromatic carbocycles. The number of aromatic nitrogens is 4. The van der Waals surface area contributed by atoms with Gasteiger partial charge in [-0.05, 0) is 32.8 Å². The molecule has 1 atom stereocenters. The van der Waals surface area contributed by atoms with Gasteiger partial charge in [0, 0.05) is 17.8 Å². The number of ketones is 1. The fraction of sp³-hybridized carbons (Fsp3) is 0.538. The van der Waals surface area contributed by atoms with Crippen LogP contribution < -0.4 is 0 Å². The fourth-order valence-electron chi connectivity index (χ4n) is 2.40. The van der Waals surface area contributed by atoms with E-state index < -0.39 is 0 Å². The highest BCUT2D eigenvalue weighted by molar-refractivity contribution is 8.00. The molecular formula is C13H16N4OS. The van der Waals surface area contributed by atoms with Gasteiger partial charge in [0.2, 0.25) is 5.16 Å². The first-order valence-electron chi connectivity index (χ1n) is 6.54. The van der Waals surface area contributed by atoms with E-state index in [1.54, 1.807) is 4.52 Å². The minimum atomic E-state index is 0.0209. The Balaban J connectivity index is 1.89. The van der Waals surface area contributed by atoms with E-state index in [0.29, 0.717) is 23.1 Å². The standard InChI is InChI=1S/C13H16N4OS/c1-8-7-9(2)17-12(14-8)15-13(16-17)19-11-6-4-3-5-10(11)18/h7,11H,3-6H2,1-2H3/t11-/m0/s1. The second-order valence-electron chi connectivity index (χ2n) is 4.96. The molecule has 0 unspecified atom stereocenters. The highest BCUT2D eigenvalue weighted by Gasteiger charge is 2.25. The van der Waals surface area contributed by atoms with Crippen molar-refractivity contribution in [3.63, 3.8) is 0 Å². The molecule has 0 aliphatic heterocycles. The van der Waals surface area contributed by atoms with Gasteiger partial charge in [-0.2, -0.15) is 4.98 Å². The van der Waals surface area contributed by atoms with Gasteiger partial charge in [-0.25, -0.2) is 9.50 Å². The smallest absolute Gasteiger partial charge is 0.253 e. The van der Waals surface area contributed by atoms with Crippen LogP contribution in [0, 0.1) is 13.8 Å². The summed E-state index contributed by atoms with van der Waals surface area (Å²) in [4.78, 5) is 20.6. The summed E-state index contributed by atoms with van der Waals surface area (Å²) >= 11 is 1.48. The van der Waals surface area contributed by atoms with Crippen LogP contribution in [0.15, 0.2) is 11.2 Å². The number of thioether (sulfide) groups is 1. The Hall–Kier alpha value is -1.43. The van der Waals surface area contributed by atoms with Crippen molar-refractivity contribution in [2.24, 2.45) is 0 Å². The predicted molar refractivity (Wildman–Crippen MR) is 73.4 cm³/mol. The molecule has 100 valence electrons. The van der Waals surface area contributed by atoms with E-state index in [4.69, 9.17) is 0 Å². The highest BCUT2D eigenvalue weighted by Crippen LogP contribution is 2.29. The van der Waals surface area contributed by atoms with E-state index in [1.165, 1.54) is 11.8 Å². The van der Waals surface area contributed by atoms with Gasteiger partial charge in [-0.15, -0.1) is 5.10 Å². The van der Waals surface area contributed by atoms with Crippen LogP contribution in [0.25, 0.3) is 5.78 Å². The zero-order valence-electron chi connectivity index (χ0n) is 11.1. The van der Waals surface area contributed by atoms with Crippen molar-refractivity contribution < 1.29 is 4.79 Å². The van der Waals surface area contributed by atoms with Crippen LogP contribution in [0.2, 0.25) is 0 Å². The maximum atomic E-state index is 11.8. The van der Waals surface area contributed by atoms with Crippen molar-refractivity contribution in [1.82, 2.24) is 19.6 Å². The molecule has 0 N–H and O–H groups in total. The monoisotopic (exact) mass is 276 g/mol. The van der Waals surface area contributed by atoms with Gasteiger partial charge in [-0.1, -0.05) is 18.2 Å². The largest absolute Gasteiger partial charge is 0.298 e. The minimum Gasteiger partial charge on any atom is -0.298 e. The molecule has 0 radical (unpaired) electrons. The van der Waals surface area contributed by atoms with Gasteiger partial charge in [0.15, 0.2) is 0 Å². The number of nitrogens with zero attached hydrogens (tertiary/aromatic N) is 4. The Kier molecular flexibility index (Phi) is 3.26. The van der Waals surface area contributed by atoms with E-state index >= 15 is 0 Å². The van der Waals surface area contributed by atoms with E-state index in [9.17, 15) is 4.79 Å². The van der Waals surface area contributed by atoms with Gasteiger partial charge in [0.25, 0.3) is 5.78 Å². The molecule has 1 aliphatic carbocycles. The number of carbonyl (C=O) groups excluding carboxylic acids is 1. The Morgan fingerprint density at radius 3 is 2.95 bits per heavy atom. The molecule has 0 bridgehead atoms. The van der Waals surface area contributed by atoms with E-state index in [2.05, 4.69) is 15.1 Å². The Morgan fingerprint density at radius 2 is 2.16 bits per heavy atom. The number of fused-ring (bicyclic) bond motifs is 1. The molecule has 1 aliphatic rings. The molecule has 19 heavy (non-hydrogen) atoms. The fourth-order valence-corrected chi connectivity index (χ4v) is 3.45. The number of rotatable bonds is 2. The lowest BCUT2D eigenvalue weighted by Gasteiger charge is -2.17. The number of hydrogen-bond donors (Lipinski definition) is 0. The number of Topliss-reactive ketones (excluding diaryl/α,β-unsaturated/α-hetero) is 1. The van der Waals surface area contributed by atoms with Gasteiger partial charge in [0.1, 0.15) is 5.78 Å². The maximum Gasteiger partial charge on any atom is 0.253 e. The SMILES string of the molecule is Cc1cc(C)n2nc(S[C@H]3CCCCC3=O)nc2n1. The summed E-state index contributed by atoms with van der Waals surface area (Å²) in [5.41, 5.74) is 1.94. The molecule has 0 saturated heterocycles. The van der Waals surface area contributed by atoms with E-state index in [0.717, 1.165) is 30.7 Å². The average Bonchev–Trinajstić information content (AvgIpc) is 2.75. The van der Waals surface area contributed by atoms with Crippen molar-refractivity contribution in [3.05, 3.63) is 17.5 Å². The summed E-state index contributed by atoms with van der Waals surface area (Å²) in [5.74, 6) is 0.944. The number of hydrogen-bond acceptors (Lipinski definition) is 5. The molecule has 1 fully saturated rings. The molecule has 2 heterocycles. The first-order chi connectivity index (χ1) is 9.13. The van der Waals surface area contributed by atoms with Crippen molar-refractivity contribution >= 4 is 23.3 Å². The van der Waals surface area contributed by atoms with Crippen LogP contribution in [-0.2, 0) is 4.79 Å². The molecule has 6 heteroatoms. The minimum absolute atomic E-state index is 0.0209. The summed E-state index contributed by atoms with van der Waals surface area (Å²) in [5, 5.41) is 5.11. The number of aryl methyl sites for hydroxylation is 2. The maximum absolute atomic E-state index is 11.8. The van der Waals surface area contributed by atoms with Gasteiger partial charge in [-0.3, -0.25) is 4.79 Å². The lowest BCUT2D eigenvalue weighted by molar-refractivity contribution is -0.119. The molecular weight excluding hydrogens is 260 g/mol. The summed E-state index contributed by atoms with van der Waals surface area (Å²) in [6.07, 6.45) is 3.77. The summed E-state index contributed by atoms with van der Waals surface area (Å²) in [6.45, 7) is 3.93. The van der Waals surface area contributed by atoms with E-state index in [-0.39, 0.29) is 5.25 Å². The first kappa shape index (κ1) is 12.6. The zero-order valence-corrected chi connectivity index (χ0v) is 11.9. The second-order valence-corrected chi connectivity index (χ2v) is 6.13. The molecule has 0 amide bonds. The third-order valence-corrected chi connectivity index (χ3v) is 4.51. The topological polar surface area (TPSA) is 60.2 Å². The van der Waals surface area contributed by atoms with Crippen molar-refractivity contribution in [2.45, 2.75) is 49.9 Å². The van der Waals surface area contributed by atoms with Crippen LogP contribution in [0.3, 0.4) is 0 Å². The average molecular weight is 276 g/mol. The Morgan fingerprint density at radius 1 is 1.32 bits per heavy atom. The van der Waals surface area contributed by atoms with Crippen LogP contribution in [0.1, 0.15) is 37.1 Å². The third-order valence-electron chi connectivity index (χ3n) is 3.35. The van der Waals surface area contributed by atoms with Gasteiger partial charge in [0.05, 0.1) is 5.25 Å². The molecule has 3 rings (SSSR count). The lowest BCUT2D eigenvalue weighted by atomic mass is 9.99. The summed E-state index contributed by atoms with van der Waals surface area (Å²) in [6, 6.07) is 1.97. The molecule has 2 aromatic rings. The normalized spacial score (nSPS) is 20.1. The first-order valence-corrected chi connectivity index (χ1v) is 7.42. The third kappa shape index (κ3) is 2.49. The summed E-state index contributed by atoms with van der Waals surface area (Å²) < 4.78 is 1.74. The van der Waals surface area contributed by atoms with E-state index in [1.807, 2.05) is 19.9 Å². The lowest BCUT2D eigenvalue weighted by Crippen LogP contribution is -2.21. The Bertz CT molecular complexity index is 637. The van der Waals surface area contributed by atoms with Gasteiger partial charge < -0.3 is 0 Å². The molecule has 5 nitrogen and oxygen atoms in total. The summed E-state index contributed by atoms with van der Waals surface area (Å²) in [7, 11) is 0. The quantitative estimate of drug-likeness (QED) is 0.842. The number of carbonyl (C=O) groups is 1. The van der Waals surface area contributed by atoms with Crippen LogP contribution in [0.5, 0.6) is 0 Å². The molecule has 1 saturated carbocycles. The highest BCUT2D eigenvalue weighted by atomic mass is 32.2. The van der Waals surface area contributed by atoms with Crippen molar-refractivity contribution in [2.75, 3.05) is 0 Å². The van der Waals surface area contributed by atoms with Crippen molar-refractivity contribution in [3.8, 4) is 0 Å². The zero-order chi connectivity index (χ0) is 13.4. The van der Waals surface area contributed by atoms with Crippen molar-refractivity contribution in [1.29, 1.82) is 0 Å². The second kappa shape index (κ2) is 4.92. The Labute approximate surface area is 115 Å². The van der Waals surface area contributed by atoms with Crippen LogP contribution in [-0.4, -0.2) is 30.6 Å². The molecule has 2 aromatic heterocycles. The van der Waals surface area contributed by atoms with Crippen LogP contribution >= 0.6 is 11.8 Å². The molecule has 0 spiro atoms.